The van der Waals surface area contributed by atoms with Crippen LogP contribution in [-0.2, 0) is 6.54 Å². The predicted molar refractivity (Wildman–Crippen MR) is 82.1 cm³/mol. The predicted octanol–water partition coefficient (Wildman–Crippen LogP) is 2.70. The number of hydrogen-bond donors (Lipinski definition) is 1. The van der Waals surface area contributed by atoms with Crippen LogP contribution in [0.5, 0.6) is 0 Å². The smallest absolute Gasteiger partial charge is 0.274 e. The van der Waals surface area contributed by atoms with Crippen molar-refractivity contribution in [2.75, 3.05) is 19.6 Å². The summed E-state index contributed by atoms with van der Waals surface area (Å²) in [4.78, 5) is 12.8. The summed E-state index contributed by atoms with van der Waals surface area (Å²) in [6.07, 6.45) is 4.82. The second-order valence-corrected chi connectivity index (χ2v) is 6.43. The van der Waals surface area contributed by atoms with E-state index in [1.807, 2.05) is 0 Å². The van der Waals surface area contributed by atoms with Gasteiger partial charge in [-0.3, -0.25) is 15.0 Å². The highest BCUT2D eigenvalue weighted by molar-refractivity contribution is 5.40. The van der Waals surface area contributed by atoms with Gasteiger partial charge in [-0.2, -0.15) is 0 Å². The van der Waals surface area contributed by atoms with E-state index in [-0.39, 0.29) is 5.69 Å². The number of likely N-dealkylation sites (tertiary alicyclic amines) is 1. The van der Waals surface area contributed by atoms with Gasteiger partial charge in [0, 0.05) is 24.2 Å². The maximum atomic E-state index is 13.4. The van der Waals surface area contributed by atoms with Crippen LogP contribution >= 0.6 is 0 Å². The van der Waals surface area contributed by atoms with Gasteiger partial charge >= 0.3 is 0 Å². The van der Waals surface area contributed by atoms with Crippen molar-refractivity contribution < 1.29 is 9.31 Å². The Morgan fingerprint density at radius 1 is 1.27 bits per heavy atom. The molecule has 1 aromatic carbocycles. The fraction of sp³-hybridized carbons (Fsp3) is 0.625. The van der Waals surface area contributed by atoms with Crippen LogP contribution in [-0.4, -0.2) is 35.5 Å². The van der Waals surface area contributed by atoms with Gasteiger partial charge in [0.1, 0.15) is 5.82 Å². The van der Waals surface area contributed by atoms with E-state index >= 15 is 0 Å². The first kappa shape index (κ1) is 15.4. The molecule has 0 spiro atoms. The van der Waals surface area contributed by atoms with Crippen LogP contribution in [0.25, 0.3) is 0 Å². The summed E-state index contributed by atoms with van der Waals surface area (Å²) in [5.41, 5.74) is 0.477. The van der Waals surface area contributed by atoms with Crippen molar-refractivity contribution in [2.45, 2.75) is 38.3 Å². The Labute approximate surface area is 129 Å². The van der Waals surface area contributed by atoms with Crippen molar-refractivity contribution >= 4 is 5.69 Å². The third-order valence-corrected chi connectivity index (χ3v) is 4.61. The van der Waals surface area contributed by atoms with Crippen molar-refractivity contribution in [1.29, 1.82) is 0 Å². The summed E-state index contributed by atoms with van der Waals surface area (Å²) in [5.74, 6) is 0.467. The Morgan fingerprint density at radius 2 is 2.00 bits per heavy atom. The van der Waals surface area contributed by atoms with Gasteiger partial charge in [0.2, 0.25) is 0 Å². The van der Waals surface area contributed by atoms with Gasteiger partial charge in [-0.05, 0) is 63.4 Å². The molecule has 22 heavy (non-hydrogen) atoms. The zero-order valence-electron chi connectivity index (χ0n) is 12.6. The average Bonchev–Trinajstić information content (AvgIpc) is 3.30. The van der Waals surface area contributed by atoms with E-state index in [1.165, 1.54) is 25.0 Å². The number of nitrogens with one attached hydrogen (secondary N) is 1. The molecule has 0 bridgehead atoms. The van der Waals surface area contributed by atoms with Crippen LogP contribution in [0.1, 0.15) is 31.2 Å². The second-order valence-electron chi connectivity index (χ2n) is 6.43. The molecule has 0 atom stereocenters. The summed E-state index contributed by atoms with van der Waals surface area (Å²) in [6, 6.07) is 4.25. The molecule has 0 amide bonds. The molecule has 0 radical (unpaired) electrons. The highest BCUT2D eigenvalue weighted by Gasteiger charge is 2.25. The van der Waals surface area contributed by atoms with Gasteiger partial charge < -0.3 is 5.32 Å². The third kappa shape index (κ3) is 4.01. The molecule has 0 unspecified atom stereocenters. The lowest BCUT2D eigenvalue weighted by Crippen LogP contribution is -2.42. The Bertz CT molecular complexity index is 540. The summed E-state index contributed by atoms with van der Waals surface area (Å²) in [7, 11) is 0. The quantitative estimate of drug-likeness (QED) is 0.648. The van der Waals surface area contributed by atoms with Crippen LogP contribution in [0.15, 0.2) is 18.2 Å². The lowest BCUT2D eigenvalue weighted by Gasteiger charge is -2.32. The fourth-order valence-electron chi connectivity index (χ4n) is 3.05. The molecule has 2 fully saturated rings. The van der Waals surface area contributed by atoms with Crippen molar-refractivity contribution in [2.24, 2.45) is 5.92 Å². The van der Waals surface area contributed by atoms with E-state index in [9.17, 15) is 14.5 Å². The van der Waals surface area contributed by atoms with Gasteiger partial charge in [-0.1, -0.05) is 0 Å². The molecule has 1 saturated heterocycles. The molecule has 1 N–H and O–H groups in total. The first-order valence-corrected chi connectivity index (χ1v) is 8.00. The molecule has 1 aromatic rings. The number of halogens is 1. The van der Waals surface area contributed by atoms with Crippen LogP contribution in [0.4, 0.5) is 10.1 Å². The van der Waals surface area contributed by atoms with Crippen molar-refractivity contribution in [3.8, 4) is 0 Å². The zero-order valence-corrected chi connectivity index (χ0v) is 12.6. The normalized spacial score (nSPS) is 20.2. The van der Waals surface area contributed by atoms with E-state index in [1.54, 1.807) is 0 Å². The molecule has 0 aromatic heterocycles. The number of nitro benzene ring substituents is 1. The monoisotopic (exact) mass is 307 g/mol. The Hall–Kier alpha value is -1.53. The summed E-state index contributed by atoms with van der Waals surface area (Å²) in [6.45, 7) is 3.37. The highest BCUT2D eigenvalue weighted by atomic mass is 19.1. The molecular formula is C16H22FN3O2. The van der Waals surface area contributed by atoms with Gasteiger partial charge in [-0.15, -0.1) is 0 Å². The Kier molecular flexibility index (Phi) is 4.69. The lowest BCUT2D eigenvalue weighted by atomic mass is 10.0. The number of nitrogens with zero attached hydrogens (tertiary/aromatic N) is 2. The van der Waals surface area contributed by atoms with Gasteiger partial charge in [-0.25, -0.2) is 4.39 Å². The Balaban J connectivity index is 1.53. The number of rotatable bonds is 6. The molecular weight excluding hydrogens is 285 g/mol. The molecule has 6 heteroatoms. The minimum atomic E-state index is -0.432. The molecule has 1 saturated carbocycles. The van der Waals surface area contributed by atoms with Crippen LogP contribution < -0.4 is 5.32 Å². The second kappa shape index (κ2) is 6.71. The first-order valence-electron chi connectivity index (χ1n) is 8.00. The molecule has 1 heterocycles. The fourth-order valence-corrected chi connectivity index (χ4v) is 3.05. The summed E-state index contributed by atoms with van der Waals surface area (Å²) < 4.78 is 13.4. The van der Waals surface area contributed by atoms with Crippen molar-refractivity contribution in [1.82, 2.24) is 10.2 Å². The van der Waals surface area contributed by atoms with E-state index in [2.05, 4.69) is 10.2 Å². The minimum Gasteiger partial charge on any atom is -0.314 e. The van der Waals surface area contributed by atoms with Crippen LogP contribution in [0.2, 0.25) is 0 Å². The first-order chi connectivity index (χ1) is 10.6. The maximum absolute atomic E-state index is 13.4. The van der Waals surface area contributed by atoms with Gasteiger partial charge in [0.05, 0.1) is 4.92 Å². The van der Waals surface area contributed by atoms with E-state index < -0.39 is 10.7 Å². The number of hydrogen-bond acceptors (Lipinski definition) is 4. The van der Waals surface area contributed by atoms with Gasteiger partial charge in [0.25, 0.3) is 5.69 Å². The highest BCUT2D eigenvalue weighted by Crippen LogP contribution is 2.28. The summed E-state index contributed by atoms with van der Waals surface area (Å²) in [5, 5.41) is 14.6. The molecule has 5 nitrogen and oxygen atoms in total. The topological polar surface area (TPSA) is 58.4 Å². The van der Waals surface area contributed by atoms with Crippen molar-refractivity contribution in [3.63, 3.8) is 0 Å². The molecule has 120 valence electrons. The van der Waals surface area contributed by atoms with Crippen LogP contribution in [0, 0.1) is 21.8 Å². The molecule has 3 rings (SSSR count). The SMILES string of the molecule is O=[N+]([O-])c1ccc(F)cc1CN1CCC(NCC2CC2)CC1. The largest absolute Gasteiger partial charge is 0.314 e. The number of nitro groups is 1. The molecule has 1 aliphatic heterocycles. The standard InChI is InChI=1S/C16H22FN3O2/c17-14-3-4-16(20(21)22)13(9-14)11-19-7-5-15(6-8-19)18-10-12-1-2-12/h3-4,9,12,15,18H,1-2,5-8,10-11H2. The van der Waals surface area contributed by atoms with E-state index in [4.69, 9.17) is 0 Å². The minimum absolute atomic E-state index is 0.00961. The van der Waals surface area contributed by atoms with Gasteiger partial charge in [0.15, 0.2) is 0 Å². The average molecular weight is 307 g/mol. The zero-order chi connectivity index (χ0) is 15.5. The van der Waals surface area contributed by atoms with E-state index in [0.29, 0.717) is 18.2 Å². The molecule has 2 aliphatic rings. The van der Waals surface area contributed by atoms with E-state index in [0.717, 1.165) is 44.5 Å². The third-order valence-electron chi connectivity index (χ3n) is 4.61. The molecule has 1 aliphatic carbocycles. The van der Waals surface area contributed by atoms with Crippen molar-refractivity contribution in [3.05, 3.63) is 39.7 Å². The Morgan fingerprint density at radius 3 is 2.64 bits per heavy atom. The number of benzene rings is 1. The van der Waals surface area contributed by atoms with Crippen LogP contribution in [0.3, 0.4) is 0 Å². The maximum Gasteiger partial charge on any atom is 0.274 e. The lowest BCUT2D eigenvalue weighted by molar-refractivity contribution is -0.385. The summed E-state index contributed by atoms with van der Waals surface area (Å²) >= 11 is 0. The number of piperidine rings is 1.